The Kier molecular flexibility index (Phi) is 2.27. The molecule has 3 fully saturated rings. The van der Waals surface area contributed by atoms with Crippen LogP contribution in [0.3, 0.4) is 0 Å². The second kappa shape index (κ2) is 3.86. The number of hydrogen-bond donors (Lipinski definition) is 1. The van der Waals surface area contributed by atoms with E-state index in [4.69, 9.17) is 4.74 Å². The molecule has 6 atom stereocenters. The van der Waals surface area contributed by atoms with Crippen LogP contribution in [0, 0.1) is 23.2 Å². The van der Waals surface area contributed by atoms with Crippen molar-refractivity contribution in [3.8, 4) is 5.75 Å². The van der Waals surface area contributed by atoms with Crippen LogP contribution in [0.4, 0.5) is 0 Å². The molecule has 2 aliphatic heterocycles. The van der Waals surface area contributed by atoms with Crippen LogP contribution in [0.25, 0.3) is 0 Å². The van der Waals surface area contributed by atoms with Crippen molar-refractivity contribution in [3.05, 3.63) is 42.0 Å². The van der Waals surface area contributed by atoms with E-state index >= 15 is 0 Å². The van der Waals surface area contributed by atoms with E-state index in [0.717, 1.165) is 0 Å². The molecule has 6 unspecified atom stereocenters. The molecule has 2 aliphatic carbocycles. The molecule has 2 bridgehead atoms. The minimum absolute atomic E-state index is 0.0189. The largest absolute Gasteiger partial charge is 0.507 e. The maximum Gasteiger partial charge on any atom is 0.174 e. The first-order chi connectivity index (χ1) is 11.4. The Balaban J connectivity index is 1.73. The molecule has 5 rings (SSSR count). The Hall–Kier alpha value is -2.27. The Bertz CT molecular complexity index is 871. The lowest BCUT2D eigenvalue weighted by Gasteiger charge is -2.40. The SMILES string of the molecule is C=CC1CC12C(=O)C1OC2(C)C2C(=O)c3c(O)cccc3C(=O)C12. The number of carbonyl (C=O) groups is 3. The van der Waals surface area contributed by atoms with Gasteiger partial charge >= 0.3 is 0 Å². The third kappa shape index (κ3) is 1.18. The molecule has 0 radical (unpaired) electrons. The van der Waals surface area contributed by atoms with E-state index in [2.05, 4.69) is 6.58 Å². The van der Waals surface area contributed by atoms with E-state index in [-0.39, 0.29) is 40.1 Å². The molecule has 5 heteroatoms. The first kappa shape index (κ1) is 14.1. The van der Waals surface area contributed by atoms with Gasteiger partial charge < -0.3 is 9.84 Å². The van der Waals surface area contributed by atoms with Crippen molar-refractivity contribution >= 4 is 17.3 Å². The summed E-state index contributed by atoms with van der Waals surface area (Å²) in [6.07, 6.45) is 1.49. The van der Waals surface area contributed by atoms with Crippen molar-refractivity contribution in [2.75, 3.05) is 0 Å². The lowest BCUT2D eigenvalue weighted by molar-refractivity contribution is -0.127. The number of carbonyl (C=O) groups excluding carboxylic acids is 3. The number of phenols is 1. The molecule has 1 aromatic rings. The fourth-order valence-electron chi connectivity index (χ4n) is 5.49. The fourth-order valence-corrected chi connectivity index (χ4v) is 5.49. The highest BCUT2D eigenvalue weighted by atomic mass is 16.5. The maximum absolute atomic E-state index is 13.1. The summed E-state index contributed by atoms with van der Waals surface area (Å²) < 4.78 is 6.02. The number of allylic oxidation sites excluding steroid dienone is 1. The average Bonchev–Trinajstić information content (AvgIpc) is 3.16. The lowest BCUT2D eigenvalue weighted by atomic mass is 9.57. The summed E-state index contributed by atoms with van der Waals surface area (Å²) >= 11 is 0. The molecule has 1 aromatic carbocycles. The topological polar surface area (TPSA) is 80.7 Å². The van der Waals surface area contributed by atoms with Crippen LogP contribution in [-0.4, -0.2) is 34.2 Å². The van der Waals surface area contributed by atoms with E-state index in [9.17, 15) is 19.5 Å². The minimum atomic E-state index is -1.01. The van der Waals surface area contributed by atoms with Gasteiger partial charge in [0, 0.05) is 5.56 Å². The van der Waals surface area contributed by atoms with Gasteiger partial charge in [0.15, 0.2) is 17.3 Å². The molecule has 0 amide bonds. The Morgan fingerprint density at radius 3 is 2.71 bits per heavy atom. The monoisotopic (exact) mass is 324 g/mol. The van der Waals surface area contributed by atoms with Crippen molar-refractivity contribution in [1.29, 1.82) is 0 Å². The molecule has 1 spiro atoms. The third-order valence-corrected chi connectivity index (χ3v) is 6.67. The van der Waals surface area contributed by atoms with Crippen molar-refractivity contribution < 1.29 is 24.2 Å². The number of rotatable bonds is 1. The Morgan fingerprint density at radius 1 is 1.29 bits per heavy atom. The Morgan fingerprint density at radius 2 is 2.04 bits per heavy atom. The summed E-state index contributed by atoms with van der Waals surface area (Å²) in [4.78, 5) is 39.0. The highest BCUT2D eigenvalue weighted by molar-refractivity contribution is 6.21. The zero-order valence-electron chi connectivity index (χ0n) is 13.1. The van der Waals surface area contributed by atoms with Crippen molar-refractivity contribution in [1.82, 2.24) is 0 Å². The van der Waals surface area contributed by atoms with Gasteiger partial charge in [-0.05, 0) is 25.3 Å². The van der Waals surface area contributed by atoms with E-state index in [1.54, 1.807) is 13.0 Å². The van der Waals surface area contributed by atoms with Gasteiger partial charge in [0.05, 0.1) is 28.4 Å². The summed E-state index contributed by atoms with van der Waals surface area (Å²) in [5.74, 6) is -2.35. The zero-order chi connectivity index (χ0) is 17.0. The predicted molar refractivity (Wildman–Crippen MR) is 82.8 cm³/mol. The van der Waals surface area contributed by atoms with E-state index in [0.29, 0.717) is 6.42 Å². The number of ether oxygens (including phenoxy) is 1. The van der Waals surface area contributed by atoms with Gasteiger partial charge in [-0.25, -0.2) is 0 Å². The van der Waals surface area contributed by atoms with Gasteiger partial charge in [-0.3, -0.25) is 14.4 Å². The van der Waals surface area contributed by atoms with E-state index < -0.39 is 29.0 Å². The zero-order valence-corrected chi connectivity index (χ0v) is 13.1. The van der Waals surface area contributed by atoms with Gasteiger partial charge in [0.1, 0.15) is 11.9 Å². The average molecular weight is 324 g/mol. The van der Waals surface area contributed by atoms with E-state index in [1.165, 1.54) is 18.2 Å². The normalized spacial score (nSPS) is 44.6. The van der Waals surface area contributed by atoms with E-state index in [1.807, 2.05) is 0 Å². The molecular weight excluding hydrogens is 308 g/mol. The molecule has 122 valence electrons. The van der Waals surface area contributed by atoms with Crippen LogP contribution >= 0.6 is 0 Å². The van der Waals surface area contributed by atoms with Crippen LogP contribution in [0.5, 0.6) is 5.75 Å². The van der Waals surface area contributed by atoms with Gasteiger partial charge in [-0.15, -0.1) is 6.58 Å². The van der Waals surface area contributed by atoms with Crippen LogP contribution < -0.4 is 0 Å². The highest BCUT2D eigenvalue weighted by Crippen LogP contribution is 2.74. The molecule has 5 nitrogen and oxygen atoms in total. The summed E-state index contributed by atoms with van der Waals surface area (Å²) in [7, 11) is 0. The molecular formula is C19H16O5. The first-order valence-electron chi connectivity index (χ1n) is 8.13. The summed E-state index contributed by atoms with van der Waals surface area (Å²) in [5.41, 5.74) is -1.48. The van der Waals surface area contributed by atoms with Gasteiger partial charge in [0.2, 0.25) is 0 Å². The van der Waals surface area contributed by atoms with Crippen molar-refractivity contribution in [2.45, 2.75) is 25.0 Å². The minimum Gasteiger partial charge on any atom is -0.507 e. The molecule has 1 saturated carbocycles. The fraction of sp³-hybridized carbons (Fsp3) is 0.421. The number of phenolic OH excluding ortho intramolecular Hbond substituents is 1. The van der Waals surface area contributed by atoms with Crippen LogP contribution in [0.1, 0.15) is 34.1 Å². The standard InChI is InChI=1S/C19H16O5/c1-3-8-7-19(8)17(23)16-12-13(18(19,2)24-16)15(22)11-9(14(12)21)5-4-6-10(11)20/h3-6,8,12-13,16,20H,1,7H2,2H3. The van der Waals surface area contributed by atoms with Gasteiger partial charge in [0.25, 0.3) is 0 Å². The van der Waals surface area contributed by atoms with Crippen LogP contribution in [0.15, 0.2) is 30.9 Å². The highest BCUT2D eigenvalue weighted by Gasteiger charge is 2.84. The number of aromatic hydroxyl groups is 1. The molecule has 0 aromatic heterocycles. The van der Waals surface area contributed by atoms with Crippen LogP contribution in [0.2, 0.25) is 0 Å². The van der Waals surface area contributed by atoms with Crippen LogP contribution in [-0.2, 0) is 9.53 Å². The summed E-state index contributed by atoms with van der Waals surface area (Å²) in [6.45, 7) is 5.55. The van der Waals surface area contributed by atoms with Crippen molar-refractivity contribution in [2.24, 2.45) is 23.2 Å². The van der Waals surface area contributed by atoms with Gasteiger partial charge in [-0.2, -0.15) is 0 Å². The second-order valence-electron chi connectivity index (χ2n) is 7.46. The summed E-state index contributed by atoms with van der Waals surface area (Å²) in [6, 6.07) is 4.47. The number of hydrogen-bond acceptors (Lipinski definition) is 5. The maximum atomic E-state index is 13.1. The number of Topliss-reactive ketones (excluding diaryl/α,β-unsaturated/α-hetero) is 3. The molecule has 1 N–H and O–H groups in total. The predicted octanol–water partition coefficient (Wildman–Crippen LogP) is 1.94. The van der Waals surface area contributed by atoms with Gasteiger partial charge in [-0.1, -0.05) is 18.2 Å². The second-order valence-corrected chi connectivity index (χ2v) is 7.46. The Labute approximate surface area is 138 Å². The van der Waals surface area contributed by atoms with Crippen molar-refractivity contribution in [3.63, 3.8) is 0 Å². The number of ketones is 3. The molecule has 2 heterocycles. The summed E-state index contributed by atoms with van der Waals surface area (Å²) in [5, 5.41) is 10.1. The smallest absolute Gasteiger partial charge is 0.174 e. The number of fused-ring (bicyclic) bond motifs is 7. The molecule has 2 saturated heterocycles. The lowest BCUT2D eigenvalue weighted by Crippen LogP contribution is -2.56. The first-order valence-corrected chi connectivity index (χ1v) is 8.13. The number of benzene rings is 1. The quantitative estimate of drug-likeness (QED) is 0.799. The molecule has 4 aliphatic rings. The third-order valence-electron chi connectivity index (χ3n) is 6.67. The molecule has 24 heavy (non-hydrogen) atoms.